The number of hydrogen-bond donors (Lipinski definition) is 0. The number of hydrogen-bond acceptors (Lipinski definition) is 4. The second-order valence-corrected chi connectivity index (χ2v) is 16.2. The van der Waals surface area contributed by atoms with Crippen LogP contribution in [-0.4, -0.2) is 0 Å². The molecule has 2 aliphatic carbocycles. The summed E-state index contributed by atoms with van der Waals surface area (Å²) in [5, 5.41) is 2.15. The fourth-order valence-corrected chi connectivity index (χ4v) is 11.9. The Kier molecular flexibility index (Phi) is 5.34. The molecule has 0 spiro atoms. The Morgan fingerprint density at radius 2 is 0.864 bits per heavy atom. The molecule has 9 rings (SSSR count). The zero-order valence-corrected chi connectivity index (χ0v) is 27.2. The summed E-state index contributed by atoms with van der Waals surface area (Å²) in [7, 11) is 0. The van der Waals surface area contributed by atoms with Crippen LogP contribution in [-0.2, 0) is 11.8 Å². The first-order chi connectivity index (χ1) is 20.9. The van der Waals surface area contributed by atoms with Gasteiger partial charge in [0.25, 0.3) is 0 Å². The number of halogens is 4. The first-order valence-electron chi connectivity index (χ1n) is 14.2. The lowest BCUT2D eigenvalue weighted by Gasteiger charge is -2.22. The van der Waals surface area contributed by atoms with Crippen molar-refractivity contribution >= 4 is 65.5 Å². The quantitative estimate of drug-likeness (QED) is 0.162. The topological polar surface area (TPSA) is 0 Å². The molecule has 8 heteroatoms. The van der Waals surface area contributed by atoms with Crippen molar-refractivity contribution in [1.29, 1.82) is 0 Å². The third kappa shape index (κ3) is 3.43. The summed E-state index contributed by atoms with van der Waals surface area (Å²) in [6.45, 7) is 7.25. The molecule has 4 heterocycles. The monoisotopic (exact) mass is 658 g/mol. The summed E-state index contributed by atoms with van der Waals surface area (Å²) in [6, 6.07) is 19.6. The summed E-state index contributed by atoms with van der Waals surface area (Å²) in [6.07, 6.45) is 0. The molecule has 0 fully saturated rings. The summed E-state index contributed by atoms with van der Waals surface area (Å²) in [5.41, 5.74) is 2.95. The Balaban J connectivity index is 1.22. The molecule has 3 aromatic carbocycles. The van der Waals surface area contributed by atoms with E-state index in [0.717, 1.165) is 50.8 Å². The lowest BCUT2D eigenvalue weighted by molar-refractivity contribution is 0.0444. The molecule has 0 saturated heterocycles. The smallest absolute Gasteiger partial charge is 0.196 e. The normalized spacial score (nSPS) is 15.6. The number of fused-ring (bicyclic) bond motifs is 8. The van der Waals surface area contributed by atoms with Crippen LogP contribution in [0.1, 0.15) is 44.5 Å². The van der Waals surface area contributed by atoms with E-state index >= 15 is 17.6 Å². The summed E-state index contributed by atoms with van der Waals surface area (Å²) in [4.78, 5) is 4.12. The number of aryl methyl sites for hydroxylation is 2. The highest BCUT2D eigenvalue weighted by Gasteiger charge is 2.55. The van der Waals surface area contributed by atoms with E-state index < -0.39 is 11.8 Å². The Hall–Kier alpha value is -3.30. The summed E-state index contributed by atoms with van der Waals surface area (Å²) < 4.78 is 68.0. The number of benzene rings is 3. The van der Waals surface area contributed by atoms with Crippen molar-refractivity contribution in [2.24, 2.45) is 0 Å². The molecule has 0 nitrogen and oxygen atoms in total. The van der Waals surface area contributed by atoms with Gasteiger partial charge in [-0.3, -0.25) is 0 Å². The predicted octanol–water partition coefficient (Wildman–Crippen LogP) is 13.0. The fraction of sp³-hybridized carbons (Fsp3) is 0.167. The van der Waals surface area contributed by atoms with Gasteiger partial charge in [-0.15, -0.1) is 45.3 Å². The lowest BCUT2D eigenvalue weighted by Crippen LogP contribution is -2.16. The maximum absolute atomic E-state index is 16.4. The van der Waals surface area contributed by atoms with E-state index in [1.54, 1.807) is 48.7 Å². The van der Waals surface area contributed by atoms with E-state index in [-0.39, 0.29) is 44.5 Å². The van der Waals surface area contributed by atoms with E-state index in [9.17, 15) is 0 Å². The van der Waals surface area contributed by atoms with E-state index in [4.69, 9.17) is 0 Å². The Bertz CT molecular complexity index is 2230. The highest BCUT2D eigenvalue weighted by molar-refractivity contribution is 7.28. The Morgan fingerprint density at radius 1 is 0.477 bits per heavy atom. The maximum atomic E-state index is 16.4. The molecule has 218 valence electrons. The molecule has 2 aliphatic rings. The van der Waals surface area contributed by atoms with Gasteiger partial charge in [0.05, 0.1) is 0 Å². The minimum Gasteiger partial charge on any atom is -0.196 e. The van der Waals surface area contributed by atoms with Gasteiger partial charge in [-0.2, -0.15) is 17.6 Å². The van der Waals surface area contributed by atoms with Crippen LogP contribution in [0.15, 0.2) is 60.7 Å². The highest BCUT2D eigenvalue weighted by Crippen LogP contribution is 2.65. The van der Waals surface area contributed by atoms with Gasteiger partial charge in [-0.05, 0) is 86.0 Å². The summed E-state index contributed by atoms with van der Waals surface area (Å²) in [5.74, 6) is -6.56. The molecule has 0 N–H and O–H groups in total. The molecule has 4 aromatic heterocycles. The van der Waals surface area contributed by atoms with Gasteiger partial charge in [-0.1, -0.05) is 35.4 Å². The standard InChI is InChI=1S/C36H22F4S4/c1-15-5-7-23-19(9-15)11-25(41-23)27-13-21-33(43-27)29-17(3)32-30(18(4)31(29)35(21,37)38)34-22(36(32,39)40)14-28(44-34)26-12-20-10-16(2)6-8-24(20)42-26/h5-14H,1-4H3. The number of thiophene rings is 4. The molecule has 0 saturated carbocycles. The van der Waals surface area contributed by atoms with Crippen LogP contribution in [0.25, 0.3) is 60.6 Å². The van der Waals surface area contributed by atoms with Crippen molar-refractivity contribution in [2.75, 3.05) is 0 Å². The number of rotatable bonds is 2. The van der Waals surface area contributed by atoms with Gasteiger partial charge in [0.1, 0.15) is 0 Å². The van der Waals surface area contributed by atoms with Crippen molar-refractivity contribution in [3.63, 3.8) is 0 Å². The van der Waals surface area contributed by atoms with Crippen LogP contribution in [0.5, 0.6) is 0 Å². The van der Waals surface area contributed by atoms with E-state index in [0.29, 0.717) is 9.75 Å². The van der Waals surface area contributed by atoms with Crippen molar-refractivity contribution in [2.45, 2.75) is 39.5 Å². The second-order valence-electron chi connectivity index (χ2n) is 11.9. The SMILES string of the molecule is Cc1ccc2sc(-c3cc4c(s3)-c3c(C)c5c(c(C)c3C4(F)F)-c3sc(-c4cc6cc(C)ccc6s4)cc3C5(F)F)cc2c1. The van der Waals surface area contributed by atoms with Gasteiger partial charge in [0, 0.05) is 72.0 Å². The van der Waals surface area contributed by atoms with E-state index in [1.807, 2.05) is 38.1 Å². The molecule has 0 atom stereocenters. The minimum absolute atomic E-state index is 0.0769. The maximum Gasteiger partial charge on any atom is 0.300 e. The molecule has 0 unspecified atom stereocenters. The summed E-state index contributed by atoms with van der Waals surface area (Å²) >= 11 is 5.70. The van der Waals surface area contributed by atoms with Crippen LogP contribution in [0.3, 0.4) is 0 Å². The molecule has 0 aliphatic heterocycles. The molecular formula is C36H22F4S4. The van der Waals surface area contributed by atoms with Gasteiger partial charge in [0.15, 0.2) is 0 Å². The first-order valence-corrected chi connectivity index (χ1v) is 17.4. The highest BCUT2D eigenvalue weighted by atomic mass is 32.1. The Morgan fingerprint density at radius 3 is 1.27 bits per heavy atom. The zero-order chi connectivity index (χ0) is 30.4. The average molecular weight is 659 g/mol. The van der Waals surface area contributed by atoms with Crippen LogP contribution in [0.4, 0.5) is 17.6 Å². The van der Waals surface area contributed by atoms with Crippen LogP contribution >= 0.6 is 45.3 Å². The molecule has 7 aromatic rings. The van der Waals surface area contributed by atoms with E-state index in [1.165, 1.54) is 22.7 Å². The van der Waals surface area contributed by atoms with Gasteiger partial charge in [0.2, 0.25) is 0 Å². The largest absolute Gasteiger partial charge is 0.300 e. The Labute approximate surface area is 266 Å². The molecular weight excluding hydrogens is 637 g/mol. The van der Waals surface area contributed by atoms with Crippen molar-refractivity contribution in [3.05, 3.63) is 105 Å². The average Bonchev–Trinajstić information content (AvgIpc) is 3.78. The third-order valence-corrected chi connectivity index (χ3v) is 14.0. The molecule has 0 amide bonds. The molecule has 0 radical (unpaired) electrons. The van der Waals surface area contributed by atoms with Gasteiger partial charge in [-0.25, -0.2) is 0 Å². The van der Waals surface area contributed by atoms with Gasteiger partial charge < -0.3 is 0 Å². The van der Waals surface area contributed by atoms with Crippen molar-refractivity contribution < 1.29 is 17.6 Å². The number of alkyl halides is 4. The van der Waals surface area contributed by atoms with Gasteiger partial charge >= 0.3 is 11.8 Å². The first kappa shape index (κ1) is 27.0. The predicted molar refractivity (Wildman–Crippen MR) is 180 cm³/mol. The van der Waals surface area contributed by atoms with Crippen LogP contribution in [0, 0.1) is 27.7 Å². The van der Waals surface area contributed by atoms with Crippen LogP contribution < -0.4 is 0 Å². The van der Waals surface area contributed by atoms with Crippen molar-refractivity contribution in [1.82, 2.24) is 0 Å². The lowest BCUT2D eigenvalue weighted by atomic mass is 9.88. The van der Waals surface area contributed by atoms with Crippen LogP contribution in [0.2, 0.25) is 0 Å². The van der Waals surface area contributed by atoms with Crippen molar-refractivity contribution in [3.8, 4) is 40.4 Å². The third-order valence-electron chi connectivity index (χ3n) is 9.05. The second kappa shape index (κ2) is 8.69. The molecule has 0 bridgehead atoms. The minimum atomic E-state index is -3.28. The van der Waals surface area contributed by atoms with E-state index in [2.05, 4.69) is 24.3 Å². The molecule has 44 heavy (non-hydrogen) atoms. The zero-order valence-electron chi connectivity index (χ0n) is 23.9. The fourth-order valence-electron chi connectivity index (χ4n) is 7.05.